The average Bonchev–Trinajstić information content (AvgIpc) is 2.86. The minimum Gasteiger partial charge on any atom is -0.480 e. The molecule has 1 saturated carbocycles. The second kappa shape index (κ2) is 12.9. The van der Waals surface area contributed by atoms with Crippen molar-refractivity contribution < 1.29 is 24.2 Å². The fourth-order valence-electron chi connectivity index (χ4n) is 5.45. The van der Waals surface area contributed by atoms with Gasteiger partial charge in [0.05, 0.1) is 12.6 Å². The maximum absolute atomic E-state index is 13.8. The van der Waals surface area contributed by atoms with Crippen molar-refractivity contribution in [3.8, 4) is 0 Å². The van der Waals surface area contributed by atoms with Crippen LogP contribution in [0.4, 0.5) is 0 Å². The number of carboxylic acid groups (broad SMARTS) is 1. The van der Waals surface area contributed by atoms with Crippen LogP contribution in [0.3, 0.4) is 0 Å². The molecule has 0 aromatic heterocycles. The number of amides is 1. The number of rotatable bonds is 13. The summed E-state index contributed by atoms with van der Waals surface area (Å²) in [6.45, 7) is 2.53. The van der Waals surface area contributed by atoms with Gasteiger partial charge in [0, 0.05) is 6.04 Å². The molecular formula is C26H39N3O5. The SMILES string of the molecule is CCOC(=O)[C@H](CCc1ccccc1)N[C@@H](CCCCN)C(=O)N1C2CCC(CC2)[C@H]1C(=O)O. The highest BCUT2D eigenvalue weighted by Gasteiger charge is 2.49. The number of aryl methyl sites for hydroxylation is 1. The quantitative estimate of drug-likeness (QED) is 0.297. The molecule has 0 radical (unpaired) electrons. The van der Waals surface area contributed by atoms with Crippen molar-refractivity contribution in [3.05, 3.63) is 35.9 Å². The summed E-state index contributed by atoms with van der Waals surface area (Å²) in [7, 11) is 0. The van der Waals surface area contributed by atoms with Crippen molar-refractivity contribution in [1.82, 2.24) is 10.2 Å². The first-order chi connectivity index (χ1) is 16.5. The number of hydrogen-bond acceptors (Lipinski definition) is 6. The van der Waals surface area contributed by atoms with Crippen LogP contribution in [0.1, 0.15) is 63.9 Å². The number of benzene rings is 1. The lowest BCUT2D eigenvalue weighted by Gasteiger charge is -2.50. The highest BCUT2D eigenvalue weighted by molar-refractivity contribution is 5.88. The molecule has 4 N–H and O–H groups in total. The summed E-state index contributed by atoms with van der Waals surface area (Å²) >= 11 is 0. The molecule has 0 spiro atoms. The van der Waals surface area contributed by atoms with Gasteiger partial charge in [0.25, 0.3) is 0 Å². The fourth-order valence-corrected chi connectivity index (χ4v) is 5.45. The van der Waals surface area contributed by atoms with E-state index in [1.807, 2.05) is 30.3 Å². The summed E-state index contributed by atoms with van der Waals surface area (Å²) < 4.78 is 5.31. The van der Waals surface area contributed by atoms with Gasteiger partial charge in [0.15, 0.2) is 0 Å². The number of esters is 1. The van der Waals surface area contributed by atoms with Crippen LogP contribution in [0.2, 0.25) is 0 Å². The predicted molar refractivity (Wildman–Crippen MR) is 129 cm³/mol. The lowest BCUT2D eigenvalue weighted by atomic mass is 9.74. The Kier molecular flexibility index (Phi) is 9.89. The molecule has 3 atom stereocenters. The van der Waals surface area contributed by atoms with Gasteiger partial charge < -0.3 is 20.5 Å². The molecule has 0 unspecified atom stereocenters. The Hall–Kier alpha value is -2.45. The zero-order chi connectivity index (χ0) is 24.5. The second-order valence-electron chi connectivity index (χ2n) is 9.43. The molecule has 188 valence electrons. The molecule has 1 aromatic rings. The zero-order valence-corrected chi connectivity index (χ0v) is 20.2. The molecule has 2 heterocycles. The van der Waals surface area contributed by atoms with E-state index >= 15 is 0 Å². The first-order valence-corrected chi connectivity index (χ1v) is 12.7. The fraction of sp³-hybridized carbons (Fsp3) is 0.654. The number of nitrogens with one attached hydrogen (secondary N) is 1. The number of carbonyl (C=O) groups is 3. The summed E-state index contributed by atoms with van der Waals surface area (Å²) in [5, 5.41) is 13.2. The normalized spacial score (nSPS) is 23.4. The van der Waals surface area contributed by atoms with Crippen molar-refractivity contribution in [2.45, 2.75) is 88.9 Å². The zero-order valence-electron chi connectivity index (χ0n) is 20.2. The molecular weight excluding hydrogens is 434 g/mol. The third-order valence-electron chi connectivity index (χ3n) is 7.17. The molecule has 2 saturated heterocycles. The van der Waals surface area contributed by atoms with Crippen LogP contribution < -0.4 is 11.1 Å². The van der Waals surface area contributed by atoms with Crippen LogP contribution in [0.25, 0.3) is 0 Å². The third-order valence-corrected chi connectivity index (χ3v) is 7.17. The van der Waals surface area contributed by atoms with Gasteiger partial charge >= 0.3 is 11.9 Å². The van der Waals surface area contributed by atoms with Gasteiger partial charge in [0.1, 0.15) is 12.1 Å². The van der Waals surface area contributed by atoms with Crippen LogP contribution in [0, 0.1) is 5.92 Å². The summed E-state index contributed by atoms with van der Waals surface area (Å²) in [6, 6.07) is 7.73. The highest BCUT2D eigenvalue weighted by atomic mass is 16.5. The van der Waals surface area contributed by atoms with Crippen molar-refractivity contribution in [2.75, 3.05) is 13.2 Å². The molecule has 4 rings (SSSR count). The number of carboxylic acids is 1. The Morgan fingerprint density at radius 3 is 2.41 bits per heavy atom. The van der Waals surface area contributed by atoms with E-state index in [4.69, 9.17) is 10.5 Å². The first kappa shape index (κ1) is 26.2. The van der Waals surface area contributed by atoms with Crippen molar-refractivity contribution in [2.24, 2.45) is 11.7 Å². The van der Waals surface area contributed by atoms with E-state index in [-0.39, 0.29) is 30.4 Å². The Labute approximate surface area is 202 Å². The Bertz CT molecular complexity index is 810. The second-order valence-corrected chi connectivity index (χ2v) is 9.43. The molecule has 3 aliphatic rings. The van der Waals surface area contributed by atoms with Crippen LogP contribution in [0.5, 0.6) is 0 Å². The summed E-state index contributed by atoms with van der Waals surface area (Å²) in [4.78, 5) is 40.3. The largest absolute Gasteiger partial charge is 0.480 e. The molecule has 3 fully saturated rings. The molecule has 1 amide bonds. The topological polar surface area (TPSA) is 122 Å². The van der Waals surface area contributed by atoms with E-state index < -0.39 is 24.1 Å². The molecule has 1 aromatic carbocycles. The number of ether oxygens (including phenoxy) is 1. The van der Waals surface area contributed by atoms with Crippen LogP contribution in [-0.4, -0.2) is 65.2 Å². The van der Waals surface area contributed by atoms with Crippen LogP contribution in [-0.2, 0) is 25.5 Å². The third kappa shape index (κ3) is 6.57. The average molecular weight is 474 g/mol. The number of unbranched alkanes of at least 4 members (excludes halogenated alkanes) is 1. The van der Waals surface area contributed by atoms with E-state index in [0.29, 0.717) is 32.2 Å². The van der Waals surface area contributed by atoms with Crippen LogP contribution >= 0.6 is 0 Å². The lowest BCUT2D eigenvalue weighted by molar-refractivity contribution is -0.164. The number of fused-ring (bicyclic) bond motifs is 3. The minimum absolute atomic E-state index is 0.00456. The van der Waals surface area contributed by atoms with Gasteiger partial charge in [-0.05, 0) is 76.3 Å². The van der Waals surface area contributed by atoms with Crippen molar-refractivity contribution in [3.63, 3.8) is 0 Å². The summed E-state index contributed by atoms with van der Waals surface area (Å²) in [5.74, 6) is -1.54. The highest BCUT2D eigenvalue weighted by Crippen LogP contribution is 2.40. The Morgan fingerprint density at radius 2 is 1.79 bits per heavy atom. The number of aliphatic carboxylic acids is 1. The van der Waals surface area contributed by atoms with E-state index in [1.54, 1.807) is 11.8 Å². The lowest BCUT2D eigenvalue weighted by Crippen LogP contribution is -2.64. The minimum atomic E-state index is -0.936. The summed E-state index contributed by atoms with van der Waals surface area (Å²) in [6.07, 6.45) is 6.48. The number of hydrogen-bond donors (Lipinski definition) is 3. The first-order valence-electron chi connectivity index (χ1n) is 12.7. The summed E-state index contributed by atoms with van der Waals surface area (Å²) in [5.41, 5.74) is 6.78. The molecule has 8 nitrogen and oxygen atoms in total. The molecule has 34 heavy (non-hydrogen) atoms. The number of nitrogens with zero attached hydrogens (tertiary/aromatic N) is 1. The number of piperidine rings is 2. The molecule has 2 bridgehead atoms. The van der Waals surface area contributed by atoms with Crippen molar-refractivity contribution >= 4 is 17.8 Å². The maximum atomic E-state index is 13.8. The van der Waals surface area contributed by atoms with Gasteiger partial charge in [-0.25, -0.2) is 4.79 Å². The predicted octanol–water partition coefficient (Wildman–Crippen LogP) is 2.49. The molecule has 1 aliphatic carbocycles. The van der Waals surface area contributed by atoms with E-state index in [1.165, 1.54) is 0 Å². The number of carbonyl (C=O) groups excluding carboxylic acids is 2. The molecule has 2 aliphatic heterocycles. The van der Waals surface area contributed by atoms with E-state index in [2.05, 4.69) is 5.32 Å². The standard InChI is InChI=1S/C26H39N3O5/c1-2-34-26(33)22(16-11-18-8-4-3-5-9-18)28-21(10-6-7-17-27)24(30)29-20-14-12-19(13-15-20)23(29)25(31)32/h3-5,8-9,19-23,28H,2,6-7,10-17,27H2,1H3,(H,31,32)/t19?,20?,21-,22-,23-/m0/s1. The smallest absolute Gasteiger partial charge is 0.326 e. The Balaban J connectivity index is 1.79. The van der Waals surface area contributed by atoms with Crippen LogP contribution in [0.15, 0.2) is 30.3 Å². The van der Waals surface area contributed by atoms with Gasteiger partial charge in [-0.15, -0.1) is 0 Å². The van der Waals surface area contributed by atoms with Gasteiger partial charge in [-0.1, -0.05) is 36.8 Å². The van der Waals surface area contributed by atoms with E-state index in [0.717, 1.165) is 37.7 Å². The van der Waals surface area contributed by atoms with Gasteiger partial charge in [-0.3, -0.25) is 14.9 Å². The number of nitrogens with two attached hydrogens (primary N) is 1. The van der Waals surface area contributed by atoms with Gasteiger partial charge in [-0.2, -0.15) is 0 Å². The van der Waals surface area contributed by atoms with Gasteiger partial charge in [0.2, 0.25) is 5.91 Å². The van der Waals surface area contributed by atoms with E-state index in [9.17, 15) is 19.5 Å². The van der Waals surface area contributed by atoms with Crippen molar-refractivity contribution in [1.29, 1.82) is 0 Å². The molecule has 8 heteroatoms. The Morgan fingerprint density at radius 1 is 1.09 bits per heavy atom. The maximum Gasteiger partial charge on any atom is 0.326 e. The monoisotopic (exact) mass is 473 g/mol.